The van der Waals surface area contributed by atoms with Crippen LogP contribution in [0, 0.1) is 0 Å². The van der Waals surface area contributed by atoms with Crippen LogP contribution in [-0.4, -0.2) is 18.9 Å². The van der Waals surface area contributed by atoms with Crippen LogP contribution >= 0.6 is 8.19 Å². The second kappa shape index (κ2) is 4.66. The molecular weight excluding hydrogens is 251 g/mol. The first kappa shape index (κ1) is 13.6. The SMILES string of the molecule is FC(F)(F)c1ccc2c(c1)[pH]c1ccccc12.[LiH]. The van der Waals surface area contributed by atoms with Gasteiger partial charge in [-0.3, -0.25) is 0 Å². The van der Waals surface area contributed by atoms with Gasteiger partial charge in [0.25, 0.3) is 0 Å². The molecule has 0 bridgehead atoms. The fraction of sp³-hybridized carbons (Fsp3) is 0.0769. The van der Waals surface area contributed by atoms with Crippen LogP contribution in [-0.2, 0) is 6.18 Å². The number of hydrogen-bond acceptors (Lipinski definition) is 0. The van der Waals surface area contributed by atoms with E-state index in [4.69, 9.17) is 0 Å². The molecule has 0 nitrogen and oxygen atoms in total. The van der Waals surface area contributed by atoms with Crippen molar-refractivity contribution in [2.24, 2.45) is 0 Å². The van der Waals surface area contributed by atoms with E-state index in [2.05, 4.69) is 0 Å². The fourth-order valence-corrected chi connectivity index (χ4v) is 3.43. The van der Waals surface area contributed by atoms with Crippen LogP contribution in [0.3, 0.4) is 0 Å². The second-order valence-corrected chi connectivity index (χ2v) is 5.26. The molecule has 1 atom stereocenters. The van der Waals surface area contributed by atoms with E-state index in [1.807, 2.05) is 24.3 Å². The number of fused-ring (bicyclic) bond motifs is 3. The third-order valence-electron chi connectivity index (χ3n) is 2.83. The van der Waals surface area contributed by atoms with Gasteiger partial charge in [-0.15, -0.1) is 8.19 Å². The van der Waals surface area contributed by atoms with Gasteiger partial charge in [-0.2, -0.15) is 13.2 Å². The van der Waals surface area contributed by atoms with E-state index in [0.717, 1.165) is 27.1 Å². The molecule has 18 heavy (non-hydrogen) atoms. The summed E-state index contributed by atoms with van der Waals surface area (Å²) in [5.74, 6) is 0. The zero-order valence-corrected chi connectivity index (χ0v) is 9.68. The predicted octanol–water partition coefficient (Wildman–Crippen LogP) is 4.39. The molecule has 3 rings (SSSR count). The van der Waals surface area contributed by atoms with E-state index in [-0.39, 0.29) is 18.9 Å². The van der Waals surface area contributed by atoms with Crippen LogP contribution in [0.4, 0.5) is 13.2 Å². The zero-order chi connectivity index (χ0) is 12.0. The summed E-state index contributed by atoms with van der Waals surface area (Å²) in [6.45, 7) is 0. The van der Waals surface area contributed by atoms with Gasteiger partial charge in [0.2, 0.25) is 0 Å². The summed E-state index contributed by atoms with van der Waals surface area (Å²) < 4.78 is 37.8. The van der Waals surface area contributed by atoms with Crippen LogP contribution < -0.4 is 0 Å². The standard InChI is InChI=1S/C13H8F3P.Li.H/c14-13(15,16)8-5-6-10-9-3-1-2-4-11(9)17-12(10)7-8;;/h1-7,17H;;. The van der Waals surface area contributed by atoms with E-state index in [1.165, 1.54) is 6.07 Å². The van der Waals surface area contributed by atoms with Crippen molar-refractivity contribution in [3.8, 4) is 0 Å². The molecule has 3 aromatic rings. The third kappa shape index (κ3) is 2.19. The van der Waals surface area contributed by atoms with E-state index in [9.17, 15) is 13.2 Å². The Morgan fingerprint density at radius 3 is 2.22 bits per heavy atom. The Hall–Kier alpha value is -0.873. The quantitative estimate of drug-likeness (QED) is 0.526. The molecule has 0 saturated heterocycles. The maximum absolute atomic E-state index is 12.6. The molecule has 0 saturated carbocycles. The fourth-order valence-electron chi connectivity index (χ4n) is 2.03. The van der Waals surface area contributed by atoms with E-state index < -0.39 is 11.7 Å². The molecule has 1 unspecified atom stereocenters. The predicted molar refractivity (Wildman–Crippen MR) is 73.1 cm³/mol. The van der Waals surface area contributed by atoms with Crippen LogP contribution in [0.25, 0.3) is 21.0 Å². The Morgan fingerprint density at radius 1 is 0.833 bits per heavy atom. The van der Waals surface area contributed by atoms with Gasteiger partial charge in [0.05, 0.1) is 5.56 Å². The van der Waals surface area contributed by atoms with Gasteiger partial charge in [-0.05, 0) is 33.1 Å². The van der Waals surface area contributed by atoms with Gasteiger partial charge in [0, 0.05) is 0 Å². The number of rotatable bonds is 0. The molecule has 88 valence electrons. The first-order valence-corrected chi connectivity index (χ1v) is 6.13. The second-order valence-electron chi connectivity index (χ2n) is 3.93. The zero-order valence-electron chi connectivity index (χ0n) is 8.68. The molecule has 0 fully saturated rings. The third-order valence-corrected chi connectivity index (χ3v) is 4.22. The molecule has 0 amide bonds. The molecule has 0 N–H and O–H groups in total. The van der Waals surface area contributed by atoms with Crippen molar-refractivity contribution in [3.63, 3.8) is 0 Å². The van der Waals surface area contributed by atoms with Crippen LogP contribution in [0.2, 0.25) is 0 Å². The molecule has 1 heterocycles. The van der Waals surface area contributed by atoms with Crippen molar-refractivity contribution in [2.75, 3.05) is 0 Å². The summed E-state index contributed by atoms with van der Waals surface area (Å²) in [5.41, 5.74) is -0.559. The van der Waals surface area contributed by atoms with E-state index in [1.54, 1.807) is 6.07 Å². The minimum absolute atomic E-state index is 0. The molecule has 5 heteroatoms. The Labute approximate surface area is 115 Å². The molecule has 2 aromatic carbocycles. The Morgan fingerprint density at radius 2 is 1.50 bits per heavy atom. The van der Waals surface area contributed by atoms with Gasteiger partial charge in [0.1, 0.15) is 0 Å². The summed E-state index contributed by atoms with van der Waals surface area (Å²) in [7, 11) is 0.326. The average Bonchev–Trinajstić information content (AvgIpc) is 2.65. The molecule has 0 spiro atoms. The Bertz CT molecular complexity index is 700. The summed E-state index contributed by atoms with van der Waals surface area (Å²) >= 11 is 0. The molecular formula is C13H9F3LiP. The Balaban J connectivity index is 0.00000120. The van der Waals surface area contributed by atoms with Crippen molar-refractivity contribution in [1.29, 1.82) is 0 Å². The monoisotopic (exact) mass is 260 g/mol. The van der Waals surface area contributed by atoms with Crippen molar-refractivity contribution in [1.82, 2.24) is 0 Å². The topological polar surface area (TPSA) is 0 Å². The van der Waals surface area contributed by atoms with Gasteiger partial charge in [-0.25, -0.2) is 0 Å². The number of alkyl halides is 3. The first-order valence-electron chi connectivity index (χ1n) is 5.13. The first-order chi connectivity index (χ1) is 8.05. The van der Waals surface area contributed by atoms with Gasteiger partial charge >= 0.3 is 25.0 Å². The number of benzene rings is 2. The minimum atomic E-state index is -4.26. The maximum atomic E-state index is 12.6. The number of halogens is 3. The summed E-state index contributed by atoms with van der Waals surface area (Å²) in [5, 5.41) is 3.92. The van der Waals surface area contributed by atoms with E-state index >= 15 is 0 Å². The average molecular weight is 260 g/mol. The van der Waals surface area contributed by atoms with Crippen molar-refractivity contribution < 1.29 is 13.2 Å². The van der Waals surface area contributed by atoms with E-state index in [0.29, 0.717) is 8.19 Å². The molecule has 0 aliphatic heterocycles. The van der Waals surface area contributed by atoms with Crippen molar-refractivity contribution >= 4 is 48.1 Å². The number of hydrogen-bond donors (Lipinski definition) is 0. The summed E-state index contributed by atoms with van der Waals surface area (Å²) in [6, 6.07) is 11.8. The van der Waals surface area contributed by atoms with Gasteiger partial charge < -0.3 is 0 Å². The molecule has 0 radical (unpaired) electrons. The van der Waals surface area contributed by atoms with Gasteiger partial charge in [0.15, 0.2) is 0 Å². The van der Waals surface area contributed by atoms with Crippen LogP contribution in [0.5, 0.6) is 0 Å². The Kier molecular flexibility index (Phi) is 3.51. The molecule has 0 aliphatic carbocycles. The summed E-state index contributed by atoms with van der Waals surface area (Å²) in [6.07, 6.45) is -4.26. The van der Waals surface area contributed by atoms with Crippen molar-refractivity contribution in [3.05, 3.63) is 48.0 Å². The van der Waals surface area contributed by atoms with Crippen molar-refractivity contribution in [2.45, 2.75) is 6.18 Å². The summed E-state index contributed by atoms with van der Waals surface area (Å²) in [4.78, 5) is 0. The van der Waals surface area contributed by atoms with Crippen LogP contribution in [0.15, 0.2) is 42.5 Å². The molecule has 0 aliphatic rings. The normalized spacial score (nSPS) is 12.2. The van der Waals surface area contributed by atoms with Crippen LogP contribution in [0.1, 0.15) is 5.56 Å². The van der Waals surface area contributed by atoms with Gasteiger partial charge in [-0.1, -0.05) is 30.3 Å². The molecule has 1 aromatic heterocycles.